The number of hydrogen-bond donors (Lipinski definition) is 4. The molecule has 0 bridgehead atoms. The van der Waals surface area contributed by atoms with Crippen molar-refractivity contribution in [2.75, 3.05) is 13.7 Å². The standard InChI is InChI=1S/C35H42F4N6O9S/c1-4-18-11-17(2)7-5-6-8-19-15-34(19,32(48)44-55(51,52)21-9-10-21)43-29(46)25-12-20(16-45(25)31(47)27(18)42-33(49)50)54-30-28(35(37,38)39)40-23-13-22(36)26(53-3)14-24(23)41-30/h6,8,13-14,17-21,25,27,42H,4-5,7,9-12,15-16H2,1-3H3,(H,43,46)(H,44,48)(H,49,50)/t17-,18-,19-,20-,25+,27+,34-/m1/s1. The van der Waals surface area contributed by atoms with E-state index in [0.717, 1.165) is 24.1 Å². The van der Waals surface area contributed by atoms with Crippen LogP contribution in [0.2, 0.25) is 0 Å². The van der Waals surface area contributed by atoms with E-state index in [-0.39, 0.29) is 23.6 Å². The summed E-state index contributed by atoms with van der Waals surface area (Å²) in [5, 5.41) is 14.0. The van der Waals surface area contributed by atoms with Gasteiger partial charge in [-0.1, -0.05) is 32.4 Å². The van der Waals surface area contributed by atoms with Gasteiger partial charge in [-0.3, -0.25) is 19.1 Å². The molecule has 7 atom stereocenters. The van der Waals surface area contributed by atoms with E-state index in [2.05, 4.69) is 25.3 Å². The number of carboxylic acid groups (broad SMARTS) is 1. The Hall–Kier alpha value is -4.75. The third-order valence-electron chi connectivity index (χ3n) is 10.7. The molecule has 4 amide bonds. The molecule has 2 saturated carbocycles. The van der Waals surface area contributed by atoms with Crippen molar-refractivity contribution < 1.29 is 59.7 Å². The number of halogens is 4. The lowest BCUT2D eigenvalue weighted by Crippen LogP contribution is -2.59. The molecule has 15 nitrogen and oxygen atoms in total. The van der Waals surface area contributed by atoms with Gasteiger partial charge < -0.3 is 30.1 Å². The first-order valence-corrected chi connectivity index (χ1v) is 19.5. The molecular formula is C35H42F4N6O9S. The Balaban J connectivity index is 1.38. The number of carbonyl (C=O) groups is 4. The van der Waals surface area contributed by atoms with Gasteiger partial charge in [0.1, 0.15) is 23.7 Å². The number of nitrogens with one attached hydrogen (secondary N) is 3. The molecule has 2 aliphatic heterocycles. The minimum Gasteiger partial charge on any atom is -0.494 e. The van der Waals surface area contributed by atoms with Crippen molar-refractivity contribution in [3.8, 4) is 11.6 Å². The van der Waals surface area contributed by atoms with E-state index in [0.29, 0.717) is 38.5 Å². The SMILES string of the molecule is CC[C@@H]1C[C@H](C)CCC=C[C@@H]2C[C@@]2(C(=O)NS(=O)(=O)C2CC2)NC(=O)[C@@H]2C[C@@H](Oc3nc4cc(OC)c(F)cc4nc3C(F)(F)F)CN2C(=O)[C@H]1NC(=O)O. The second kappa shape index (κ2) is 15.1. The number of ether oxygens (including phenoxy) is 2. The number of fused-ring (bicyclic) bond motifs is 3. The van der Waals surface area contributed by atoms with Gasteiger partial charge >= 0.3 is 12.3 Å². The molecule has 4 N–H and O–H groups in total. The third kappa shape index (κ3) is 8.42. The van der Waals surface area contributed by atoms with Gasteiger partial charge in [-0.05, 0) is 50.4 Å². The monoisotopic (exact) mass is 798 g/mol. The lowest BCUT2D eigenvalue weighted by molar-refractivity contribution is -0.143. The van der Waals surface area contributed by atoms with Crippen LogP contribution in [0.25, 0.3) is 11.0 Å². The second-order valence-electron chi connectivity index (χ2n) is 14.7. The summed E-state index contributed by atoms with van der Waals surface area (Å²) in [5.41, 5.74) is -3.98. The fourth-order valence-electron chi connectivity index (χ4n) is 7.47. The van der Waals surface area contributed by atoms with E-state index in [1.807, 2.05) is 13.0 Å². The van der Waals surface area contributed by atoms with Crippen molar-refractivity contribution in [1.29, 1.82) is 0 Å². The zero-order chi connectivity index (χ0) is 40.0. The molecule has 0 radical (unpaired) electrons. The number of aromatic nitrogens is 2. The van der Waals surface area contributed by atoms with Gasteiger partial charge in [0.25, 0.3) is 5.91 Å². The van der Waals surface area contributed by atoms with Crippen LogP contribution in [0.5, 0.6) is 11.6 Å². The third-order valence-corrected chi connectivity index (χ3v) is 12.5. The topological polar surface area (TPSA) is 206 Å². The molecular weight excluding hydrogens is 756 g/mol. The number of amides is 4. The number of methoxy groups -OCH3 is 1. The van der Waals surface area contributed by atoms with E-state index in [4.69, 9.17) is 9.47 Å². The Morgan fingerprint density at radius 3 is 2.47 bits per heavy atom. The number of allylic oxidation sites excluding steroid dienone is 1. The van der Waals surface area contributed by atoms with Crippen LogP contribution in [-0.4, -0.2) is 94.8 Å². The van der Waals surface area contributed by atoms with Gasteiger partial charge in [-0.15, -0.1) is 0 Å². The number of nitrogens with zero attached hydrogens (tertiary/aromatic N) is 3. The molecule has 3 heterocycles. The minimum atomic E-state index is -5.14. The lowest BCUT2D eigenvalue weighted by atomic mass is 9.85. The van der Waals surface area contributed by atoms with Crippen molar-refractivity contribution in [2.24, 2.45) is 17.8 Å². The Labute approximate surface area is 313 Å². The molecule has 2 aliphatic carbocycles. The van der Waals surface area contributed by atoms with Crippen LogP contribution in [-0.2, 0) is 30.6 Å². The fourth-order valence-corrected chi connectivity index (χ4v) is 8.84. The molecule has 6 rings (SSSR count). The highest BCUT2D eigenvalue weighted by molar-refractivity contribution is 7.91. The Kier molecular flexibility index (Phi) is 10.9. The summed E-state index contributed by atoms with van der Waals surface area (Å²) in [6, 6.07) is -1.13. The maximum absolute atomic E-state index is 14.4. The Morgan fingerprint density at radius 2 is 1.84 bits per heavy atom. The lowest BCUT2D eigenvalue weighted by Gasteiger charge is -2.33. The summed E-state index contributed by atoms with van der Waals surface area (Å²) >= 11 is 0. The van der Waals surface area contributed by atoms with Gasteiger partial charge in [-0.25, -0.2) is 27.6 Å². The van der Waals surface area contributed by atoms with Gasteiger partial charge in [0.15, 0.2) is 11.6 Å². The Bertz CT molecular complexity index is 2010. The highest BCUT2D eigenvalue weighted by atomic mass is 32.2. The number of alkyl halides is 3. The van der Waals surface area contributed by atoms with Crippen molar-refractivity contribution in [3.05, 3.63) is 35.8 Å². The molecule has 1 aromatic heterocycles. The van der Waals surface area contributed by atoms with Crippen molar-refractivity contribution in [1.82, 2.24) is 30.2 Å². The van der Waals surface area contributed by atoms with Crippen LogP contribution in [0.15, 0.2) is 24.3 Å². The molecule has 0 unspecified atom stereocenters. The first-order valence-electron chi connectivity index (χ1n) is 18.0. The molecule has 55 heavy (non-hydrogen) atoms. The number of benzene rings is 1. The smallest absolute Gasteiger partial charge is 0.438 e. The molecule has 4 aliphatic rings. The number of carbonyl (C=O) groups excluding carboxylic acids is 3. The summed E-state index contributed by atoms with van der Waals surface area (Å²) in [6.45, 7) is 3.21. The van der Waals surface area contributed by atoms with Gasteiger partial charge in [0, 0.05) is 24.5 Å². The molecule has 2 aromatic rings. The van der Waals surface area contributed by atoms with Gasteiger partial charge in [0.05, 0.1) is 29.9 Å². The summed E-state index contributed by atoms with van der Waals surface area (Å²) in [6.07, 6.45) is -2.17. The maximum Gasteiger partial charge on any atom is 0.438 e. The number of sulfonamides is 1. The highest BCUT2D eigenvalue weighted by Gasteiger charge is 2.62. The molecule has 3 fully saturated rings. The Morgan fingerprint density at radius 1 is 1.13 bits per heavy atom. The van der Waals surface area contributed by atoms with Crippen LogP contribution in [0, 0.1) is 23.6 Å². The normalized spacial score (nSPS) is 29.0. The van der Waals surface area contributed by atoms with Crippen LogP contribution in [0.1, 0.15) is 70.9 Å². The zero-order valence-electron chi connectivity index (χ0n) is 30.2. The van der Waals surface area contributed by atoms with E-state index < -0.39 is 117 Å². The predicted molar refractivity (Wildman–Crippen MR) is 186 cm³/mol. The average Bonchev–Trinajstić information content (AvgIpc) is 4.03. The van der Waals surface area contributed by atoms with E-state index >= 15 is 0 Å². The predicted octanol–water partition coefficient (Wildman–Crippen LogP) is 3.67. The summed E-state index contributed by atoms with van der Waals surface area (Å²) in [4.78, 5) is 62.9. The van der Waals surface area contributed by atoms with E-state index in [9.17, 15) is 50.3 Å². The van der Waals surface area contributed by atoms with E-state index in [1.54, 1.807) is 13.0 Å². The van der Waals surface area contributed by atoms with Gasteiger partial charge in [0.2, 0.25) is 33.4 Å². The zero-order valence-corrected chi connectivity index (χ0v) is 31.0. The van der Waals surface area contributed by atoms with E-state index in [1.165, 1.54) is 0 Å². The number of hydrogen-bond acceptors (Lipinski definition) is 10. The van der Waals surface area contributed by atoms with Crippen LogP contribution >= 0.6 is 0 Å². The summed E-state index contributed by atoms with van der Waals surface area (Å²) < 4.78 is 95.7. The first kappa shape index (κ1) is 39.9. The highest BCUT2D eigenvalue weighted by Crippen LogP contribution is 2.46. The van der Waals surface area contributed by atoms with Crippen LogP contribution < -0.4 is 24.8 Å². The van der Waals surface area contributed by atoms with Crippen LogP contribution in [0.3, 0.4) is 0 Å². The number of rotatable bonds is 8. The summed E-state index contributed by atoms with van der Waals surface area (Å²) in [5.74, 6) is -6.24. The van der Waals surface area contributed by atoms with Gasteiger partial charge in [-0.2, -0.15) is 13.2 Å². The summed E-state index contributed by atoms with van der Waals surface area (Å²) in [7, 11) is -2.88. The molecule has 300 valence electrons. The quantitative estimate of drug-likeness (QED) is 0.224. The van der Waals surface area contributed by atoms with Crippen molar-refractivity contribution in [2.45, 2.75) is 100 Å². The molecule has 1 aromatic carbocycles. The molecule has 0 spiro atoms. The fraction of sp³-hybridized carbons (Fsp3) is 0.600. The van der Waals surface area contributed by atoms with Crippen LogP contribution in [0.4, 0.5) is 22.4 Å². The minimum absolute atomic E-state index is 0.00820. The average molecular weight is 799 g/mol. The molecule has 20 heteroatoms. The van der Waals surface area contributed by atoms with Crippen molar-refractivity contribution >= 4 is 44.9 Å². The maximum atomic E-state index is 14.4. The van der Waals surface area contributed by atoms with Crippen molar-refractivity contribution in [3.63, 3.8) is 0 Å². The largest absolute Gasteiger partial charge is 0.494 e. The molecule has 1 saturated heterocycles. The second-order valence-corrected chi connectivity index (χ2v) is 16.7. The first-order chi connectivity index (χ1) is 25.9.